The molecule has 0 saturated heterocycles. The number of hydrogen-bond acceptors (Lipinski definition) is 1. The molecule has 0 saturated carbocycles. The van der Waals surface area contributed by atoms with Crippen LogP contribution in [-0.2, 0) is 0 Å². The average molecular weight is 258 g/mol. The molecule has 1 nitrogen and oxygen atoms in total. The van der Waals surface area contributed by atoms with Crippen LogP contribution in [0.25, 0.3) is 0 Å². The lowest BCUT2D eigenvalue weighted by molar-refractivity contribution is 0.0995. The van der Waals surface area contributed by atoms with Gasteiger partial charge in [0.2, 0.25) is 0 Å². The summed E-state index contributed by atoms with van der Waals surface area (Å²) in [5.41, 5.74) is 2.13. The van der Waals surface area contributed by atoms with Crippen molar-refractivity contribution < 1.29 is 4.79 Å². The molecule has 0 heterocycles. The van der Waals surface area contributed by atoms with Crippen LogP contribution >= 0.6 is 22.6 Å². The molecule has 0 amide bonds. The van der Waals surface area contributed by atoms with Crippen molar-refractivity contribution in [3.63, 3.8) is 0 Å². The van der Waals surface area contributed by atoms with Gasteiger partial charge in [-0.2, -0.15) is 0 Å². The Morgan fingerprint density at radius 2 is 2.09 bits per heavy atom. The molecular formula is C9H7IO. The largest absolute Gasteiger partial charge is 0.294 e. The molecule has 0 fully saturated rings. The first-order valence-corrected chi connectivity index (χ1v) is 4.80. The maximum absolute atomic E-state index is 11.3. The molecule has 1 aromatic carbocycles. The van der Waals surface area contributed by atoms with E-state index >= 15 is 0 Å². The second-order valence-electron chi connectivity index (χ2n) is 2.68. The van der Waals surface area contributed by atoms with Crippen molar-refractivity contribution in [1.82, 2.24) is 0 Å². The van der Waals surface area contributed by atoms with Gasteiger partial charge in [0.25, 0.3) is 0 Å². The summed E-state index contributed by atoms with van der Waals surface area (Å²) in [7, 11) is 0. The lowest BCUT2D eigenvalue weighted by Crippen LogP contribution is -1.88. The van der Waals surface area contributed by atoms with E-state index in [1.54, 1.807) is 0 Å². The Bertz CT molecular complexity index is 306. The molecule has 0 N–H and O–H groups in total. The summed E-state index contributed by atoms with van der Waals surface area (Å²) >= 11 is 2.32. The average Bonchev–Trinajstić information content (AvgIpc) is 2.30. The number of hydrogen-bond donors (Lipinski definition) is 0. The van der Waals surface area contributed by atoms with Gasteiger partial charge >= 0.3 is 0 Å². The monoisotopic (exact) mass is 258 g/mol. The smallest absolute Gasteiger partial charge is 0.164 e. The number of ketones is 1. The Labute approximate surface area is 78.9 Å². The number of rotatable bonds is 0. The molecule has 0 radical (unpaired) electrons. The van der Waals surface area contributed by atoms with Crippen LogP contribution in [0.4, 0.5) is 0 Å². The van der Waals surface area contributed by atoms with Crippen molar-refractivity contribution in [2.24, 2.45) is 0 Å². The van der Waals surface area contributed by atoms with E-state index < -0.39 is 0 Å². The topological polar surface area (TPSA) is 17.1 Å². The summed E-state index contributed by atoms with van der Waals surface area (Å²) in [6, 6.07) is 7.86. The van der Waals surface area contributed by atoms with Gasteiger partial charge in [-0.3, -0.25) is 4.79 Å². The summed E-state index contributed by atoms with van der Waals surface area (Å²) in [6.45, 7) is 0. The van der Waals surface area contributed by atoms with Crippen molar-refractivity contribution in [3.05, 3.63) is 35.4 Å². The Hall–Kier alpha value is -0.380. The molecule has 0 spiro atoms. The first-order chi connectivity index (χ1) is 5.29. The molecule has 0 bridgehead atoms. The van der Waals surface area contributed by atoms with Crippen LogP contribution in [0.5, 0.6) is 0 Å². The van der Waals surface area contributed by atoms with Crippen LogP contribution in [0.3, 0.4) is 0 Å². The SMILES string of the molecule is O=C1CC(I)c2ccccc21. The van der Waals surface area contributed by atoms with Crippen LogP contribution in [0.2, 0.25) is 0 Å². The van der Waals surface area contributed by atoms with Crippen molar-refractivity contribution in [3.8, 4) is 0 Å². The minimum atomic E-state index is 0.292. The minimum absolute atomic E-state index is 0.292. The highest BCUT2D eigenvalue weighted by atomic mass is 127. The van der Waals surface area contributed by atoms with E-state index in [1.807, 2.05) is 24.3 Å². The van der Waals surface area contributed by atoms with E-state index in [0.29, 0.717) is 16.1 Å². The molecule has 11 heavy (non-hydrogen) atoms. The first kappa shape index (κ1) is 7.28. The van der Waals surface area contributed by atoms with Gasteiger partial charge in [-0.15, -0.1) is 0 Å². The third-order valence-electron chi connectivity index (χ3n) is 1.96. The molecule has 1 aliphatic rings. The molecular weight excluding hydrogens is 251 g/mol. The van der Waals surface area contributed by atoms with E-state index in [4.69, 9.17) is 0 Å². The molecule has 1 atom stereocenters. The van der Waals surface area contributed by atoms with Gasteiger partial charge in [-0.1, -0.05) is 46.9 Å². The highest BCUT2D eigenvalue weighted by Crippen LogP contribution is 2.37. The zero-order valence-electron chi connectivity index (χ0n) is 5.88. The standard InChI is InChI=1S/C9H7IO/c10-8-5-9(11)7-4-2-1-3-6(7)8/h1-4,8H,5H2. The quantitative estimate of drug-likeness (QED) is 0.516. The predicted octanol–water partition coefficient (Wildman–Crippen LogP) is 2.75. The van der Waals surface area contributed by atoms with Gasteiger partial charge in [-0.05, 0) is 5.56 Å². The van der Waals surface area contributed by atoms with Gasteiger partial charge in [0.15, 0.2) is 5.78 Å². The predicted molar refractivity (Wildman–Crippen MR) is 52.2 cm³/mol. The normalized spacial score (nSPS) is 21.9. The Morgan fingerprint density at radius 3 is 2.82 bits per heavy atom. The summed E-state index contributed by atoms with van der Waals surface area (Å²) in [5.74, 6) is 0.292. The van der Waals surface area contributed by atoms with Gasteiger partial charge in [0.1, 0.15) is 0 Å². The summed E-state index contributed by atoms with van der Waals surface area (Å²) in [5, 5.41) is 0. The lowest BCUT2D eigenvalue weighted by atomic mass is 10.1. The minimum Gasteiger partial charge on any atom is -0.294 e. The van der Waals surface area contributed by atoms with Gasteiger partial charge in [0.05, 0.1) is 0 Å². The Balaban J connectivity index is 2.60. The molecule has 0 aliphatic heterocycles. The highest BCUT2D eigenvalue weighted by Gasteiger charge is 2.25. The van der Waals surface area contributed by atoms with Crippen molar-refractivity contribution in [1.29, 1.82) is 0 Å². The van der Waals surface area contributed by atoms with E-state index in [1.165, 1.54) is 5.56 Å². The fraction of sp³-hybridized carbons (Fsp3) is 0.222. The van der Waals surface area contributed by atoms with Crippen molar-refractivity contribution in [2.45, 2.75) is 10.3 Å². The number of fused-ring (bicyclic) bond motifs is 1. The van der Waals surface area contributed by atoms with Crippen LogP contribution in [0.1, 0.15) is 26.3 Å². The van der Waals surface area contributed by atoms with E-state index in [2.05, 4.69) is 22.6 Å². The zero-order chi connectivity index (χ0) is 7.84. The van der Waals surface area contributed by atoms with Crippen LogP contribution in [-0.4, -0.2) is 5.78 Å². The van der Waals surface area contributed by atoms with Crippen LogP contribution < -0.4 is 0 Å². The first-order valence-electron chi connectivity index (χ1n) is 3.55. The maximum atomic E-state index is 11.3. The molecule has 1 aromatic rings. The second kappa shape index (κ2) is 2.59. The van der Waals surface area contributed by atoms with Gasteiger partial charge in [-0.25, -0.2) is 0 Å². The Kier molecular flexibility index (Phi) is 1.71. The third kappa shape index (κ3) is 1.09. The molecule has 0 aromatic heterocycles. The molecule has 2 heteroatoms. The fourth-order valence-corrected chi connectivity index (χ4v) is 2.35. The zero-order valence-corrected chi connectivity index (χ0v) is 8.04. The number of alkyl halides is 1. The second-order valence-corrected chi connectivity index (χ2v) is 4.19. The number of Topliss-reactive ketones (excluding diaryl/α,β-unsaturated/α-hetero) is 1. The molecule has 2 rings (SSSR count). The molecule has 56 valence electrons. The number of halogens is 1. The molecule has 1 aliphatic carbocycles. The summed E-state index contributed by atoms with van der Waals surface area (Å²) < 4.78 is 0.399. The maximum Gasteiger partial charge on any atom is 0.164 e. The Morgan fingerprint density at radius 1 is 1.36 bits per heavy atom. The van der Waals surface area contributed by atoms with Gasteiger partial charge < -0.3 is 0 Å². The van der Waals surface area contributed by atoms with E-state index in [9.17, 15) is 4.79 Å². The van der Waals surface area contributed by atoms with E-state index in [-0.39, 0.29) is 0 Å². The summed E-state index contributed by atoms with van der Waals surface area (Å²) in [6.07, 6.45) is 0.680. The van der Waals surface area contributed by atoms with E-state index in [0.717, 1.165) is 5.56 Å². The van der Waals surface area contributed by atoms with Crippen LogP contribution in [0, 0.1) is 0 Å². The van der Waals surface area contributed by atoms with Crippen molar-refractivity contribution >= 4 is 28.4 Å². The number of carbonyl (C=O) groups excluding carboxylic acids is 1. The van der Waals surface area contributed by atoms with Gasteiger partial charge in [0, 0.05) is 15.9 Å². The summed E-state index contributed by atoms with van der Waals surface area (Å²) in [4.78, 5) is 11.3. The number of carbonyl (C=O) groups is 1. The van der Waals surface area contributed by atoms with Crippen LogP contribution in [0.15, 0.2) is 24.3 Å². The molecule has 1 unspecified atom stereocenters. The lowest BCUT2D eigenvalue weighted by Gasteiger charge is -1.98. The number of benzene rings is 1. The third-order valence-corrected chi connectivity index (χ3v) is 3.07. The highest BCUT2D eigenvalue weighted by molar-refractivity contribution is 14.1. The van der Waals surface area contributed by atoms with Crippen molar-refractivity contribution in [2.75, 3.05) is 0 Å². The fourth-order valence-electron chi connectivity index (χ4n) is 1.41.